The van der Waals surface area contributed by atoms with Crippen molar-refractivity contribution in [3.05, 3.63) is 0 Å². The van der Waals surface area contributed by atoms with E-state index in [0.29, 0.717) is 24.1 Å². The predicted molar refractivity (Wildman–Crippen MR) is 117 cm³/mol. The largest absolute Gasteiger partial charge is 0.378 e. The van der Waals surface area contributed by atoms with Crippen molar-refractivity contribution in [2.24, 2.45) is 10.9 Å². The topological polar surface area (TPSA) is 48.9 Å². The second-order valence-corrected chi connectivity index (χ2v) is 6.88. The van der Waals surface area contributed by atoms with Crippen LogP contribution in [0, 0.1) is 5.92 Å². The van der Waals surface area contributed by atoms with Gasteiger partial charge in [-0.3, -0.25) is 9.89 Å². The fourth-order valence-corrected chi connectivity index (χ4v) is 2.79. The van der Waals surface area contributed by atoms with Crippen LogP contribution in [0.25, 0.3) is 0 Å². The third-order valence-electron chi connectivity index (χ3n) is 4.06. The fourth-order valence-electron chi connectivity index (χ4n) is 2.79. The summed E-state index contributed by atoms with van der Waals surface area (Å²) in [4.78, 5) is 6.77. The lowest BCUT2D eigenvalue weighted by Gasteiger charge is -2.30. The Kier molecular flexibility index (Phi) is 16.6. The molecule has 0 heterocycles. The van der Waals surface area contributed by atoms with Gasteiger partial charge < -0.3 is 15.4 Å². The lowest BCUT2D eigenvalue weighted by Crippen LogP contribution is -2.45. The first-order chi connectivity index (χ1) is 10.8. The van der Waals surface area contributed by atoms with Gasteiger partial charge in [0.05, 0.1) is 6.10 Å². The van der Waals surface area contributed by atoms with E-state index in [-0.39, 0.29) is 24.0 Å². The van der Waals surface area contributed by atoms with E-state index in [1.807, 2.05) is 7.05 Å². The Bertz CT molecular complexity index is 314. The molecule has 2 N–H and O–H groups in total. The molecule has 0 aromatic heterocycles. The summed E-state index contributed by atoms with van der Waals surface area (Å²) in [6, 6.07) is 1.12. The molecule has 0 spiro atoms. The number of hydrogen-bond donors (Lipinski definition) is 2. The van der Waals surface area contributed by atoms with Crippen LogP contribution in [-0.4, -0.2) is 62.3 Å². The maximum atomic E-state index is 5.78. The second-order valence-electron chi connectivity index (χ2n) is 6.88. The molecule has 24 heavy (non-hydrogen) atoms. The minimum atomic E-state index is 0. The molecule has 0 fully saturated rings. The standard InChI is InChI=1S/C18H40N4O.HI/c1-9-23-17(14(2)3)10-11-20-18(19-8)21-12-13-22(15(4)5)16(6)7;/h14-17H,9-13H2,1-8H3,(H2,19,20,21);1H. The van der Waals surface area contributed by atoms with E-state index in [9.17, 15) is 0 Å². The molecule has 0 rings (SSSR count). The van der Waals surface area contributed by atoms with Gasteiger partial charge in [0.15, 0.2) is 5.96 Å². The summed E-state index contributed by atoms with van der Waals surface area (Å²) in [5.41, 5.74) is 0. The van der Waals surface area contributed by atoms with Crippen molar-refractivity contribution in [2.75, 3.05) is 33.3 Å². The summed E-state index contributed by atoms with van der Waals surface area (Å²) in [6.45, 7) is 19.0. The molecule has 0 aliphatic rings. The Morgan fingerprint density at radius 3 is 1.96 bits per heavy atom. The summed E-state index contributed by atoms with van der Waals surface area (Å²) in [5.74, 6) is 1.41. The first kappa shape index (κ1) is 26.2. The number of rotatable bonds is 11. The minimum Gasteiger partial charge on any atom is -0.378 e. The van der Waals surface area contributed by atoms with Gasteiger partial charge in [0.2, 0.25) is 0 Å². The highest BCUT2D eigenvalue weighted by molar-refractivity contribution is 14.0. The molecule has 0 aliphatic carbocycles. The van der Waals surface area contributed by atoms with Crippen molar-refractivity contribution in [2.45, 2.75) is 73.1 Å². The SMILES string of the molecule is CCOC(CCNC(=NC)NCCN(C(C)C)C(C)C)C(C)C.I. The van der Waals surface area contributed by atoms with Crippen LogP contribution < -0.4 is 10.6 Å². The molecule has 5 nitrogen and oxygen atoms in total. The van der Waals surface area contributed by atoms with Gasteiger partial charge in [0.1, 0.15) is 0 Å². The van der Waals surface area contributed by atoms with Gasteiger partial charge in [-0.1, -0.05) is 13.8 Å². The molecule has 6 heteroatoms. The molecule has 1 unspecified atom stereocenters. The normalized spacial score (nSPS) is 13.6. The lowest BCUT2D eigenvalue weighted by atomic mass is 10.0. The Labute approximate surface area is 167 Å². The van der Waals surface area contributed by atoms with Crippen LogP contribution in [0.15, 0.2) is 4.99 Å². The Balaban J connectivity index is 0. The van der Waals surface area contributed by atoms with Gasteiger partial charge in [0.25, 0.3) is 0 Å². The fraction of sp³-hybridized carbons (Fsp3) is 0.944. The van der Waals surface area contributed by atoms with Crippen LogP contribution in [-0.2, 0) is 4.74 Å². The summed E-state index contributed by atoms with van der Waals surface area (Å²) >= 11 is 0. The van der Waals surface area contributed by atoms with E-state index in [1.54, 1.807) is 0 Å². The monoisotopic (exact) mass is 456 g/mol. The maximum Gasteiger partial charge on any atom is 0.191 e. The van der Waals surface area contributed by atoms with Gasteiger partial charge in [-0.05, 0) is 47.0 Å². The van der Waals surface area contributed by atoms with Crippen LogP contribution in [0.4, 0.5) is 0 Å². The quantitative estimate of drug-likeness (QED) is 0.285. The van der Waals surface area contributed by atoms with Crippen molar-refractivity contribution < 1.29 is 4.74 Å². The molecular formula is C18H41IN4O. The zero-order valence-electron chi connectivity index (χ0n) is 17.1. The third kappa shape index (κ3) is 11.5. The molecule has 1 atom stereocenters. The second kappa shape index (κ2) is 15.2. The Morgan fingerprint density at radius 2 is 1.54 bits per heavy atom. The highest BCUT2D eigenvalue weighted by atomic mass is 127. The molecule has 0 amide bonds. The number of hydrogen-bond acceptors (Lipinski definition) is 3. The van der Waals surface area contributed by atoms with Gasteiger partial charge in [-0.25, -0.2) is 0 Å². The van der Waals surface area contributed by atoms with E-state index < -0.39 is 0 Å². The van der Waals surface area contributed by atoms with Crippen LogP contribution in [0.3, 0.4) is 0 Å². The number of ether oxygens (including phenoxy) is 1. The molecule has 0 radical (unpaired) electrons. The van der Waals surface area contributed by atoms with Crippen molar-refractivity contribution in [1.82, 2.24) is 15.5 Å². The molecule has 0 aromatic carbocycles. The molecule has 0 bridgehead atoms. The van der Waals surface area contributed by atoms with Gasteiger partial charge in [-0.2, -0.15) is 0 Å². The predicted octanol–water partition coefficient (Wildman–Crippen LogP) is 3.34. The van der Waals surface area contributed by atoms with E-state index in [2.05, 4.69) is 69.0 Å². The Morgan fingerprint density at radius 1 is 1.00 bits per heavy atom. The minimum absolute atomic E-state index is 0. The molecule has 0 saturated heterocycles. The third-order valence-corrected chi connectivity index (χ3v) is 4.06. The highest BCUT2D eigenvalue weighted by Gasteiger charge is 2.14. The number of guanidine groups is 1. The van der Waals surface area contributed by atoms with Gasteiger partial charge in [0, 0.05) is 45.4 Å². The number of nitrogens with one attached hydrogen (secondary N) is 2. The van der Waals surface area contributed by atoms with Crippen LogP contribution in [0.5, 0.6) is 0 Å². The van der Waals surface area contributed by atoms with Gasteiger partial charge >= 0.3 is 0 Å². The van der Waals surface area contributed by atoms with E-state index in [0.717, 1.165) is 38.6 Å². The summed E-state index contributed by atoms with van der Waals surface area (Å²) in [5, 5.41) is 6.79. The van der Waals surface area contributed by atoms with E-state index in [4.69, 9.17) is 4.74 Å². The number of halogens is 1. The summed E-state index contributed by atoms with van der Waals surface area (Å²) in [6.07, 6.45) is 1.30. The van der Waals surface area contributed by atoms with Crippen molar-refractivity contribution in [1.29, 1.82) is 0 Å². The van der Waals surface area contributed by atoms with E-state index >= 15 is 0 Å². The summed E-state index contributed by atoms with van der Waals surface area (Å²) in [7, 11) is 1.82. The maximum absolute atomic E-state index is 5.78. The van der Waals surface area contributed by atoms with E-state index in [1.165, 1.54) is 0 Å². The number of nitrogens with zero attached hydrogens (tertiary/aromatic N) is 2. The first-order valence-corrected chi connectivity index (χ1v) is 9.15. The zero-order chi connectivity index (χ0) is 17.8. The average Bonchev–Trinajstić information content (AvgIpc) is 2.47. The molecule has 0 aromatic rings. The first-order valence-electron chi connectivity index (χ1n) is 9.15. The smallest absolute Gasteiger partial charge is 0.191 e. The van der Waals surface area contributed by atoms with Crippen LogP contribution in [0.2, 0.25) is 0 Å². The summed E-state index contributed by atoms with van der Waals surface area (Å²) < 4.78 is 5.78. The number of aliphatic imine (C=N–C) groups is 1. The van der Waals surface area contributed by atoms with Crippen LogP contribution >= 0.6 is 24.0 Å². The van der Waals surface area contributed by atoms with Crippen molar-refractivity contribution in [3.63, 3.8) is 0 Å². The van der Waals surface area contributed by atoms with Crippen molar-refractivity contribution >= 4 is 29.9 Å². The van der Waals surface area contributed by atoms with Gasteiger partial charge in [-0.15, -0.1) is 24.0 Å². The lowest BCUT2D eigenvalue weighted by molar-refractivity contribution is 0.0258. The molecular weight excluding hydrogens is 415 g/mol. The van der Waals surface area contributed by atoms with Crippen LogP contribution in [0.1, 0.15) is 54.9 Å². The van der Waals surface area contributed by atoms with Crippen molar-refractivity contribution in [3.8, 4) is 0 Å². The molecule has 0 aliphatic heterocycles. The average molecular weight is 456 g/mol. The Hall–Kier alpha value is -0.0800. The molecule has 0 saturated carbocycles. The highest BCUT2D eigenvalue weighted by Crippen LogP contribution is 2.09. The molecule has 146 valence electrons. The zero-order valence-corrected chi connectivity index (χ0v) is 19.4.